The summed E-state index contributed by atoms with van der Waals surface area (Å²) in [7, 11) is 0. The summed E-state index contributed by atoms with van der Waals surface area (Å²) >= 11 is 0. The van der Waals surface area contributed by atoms with Crippen LogP contribution >= 0.6 is 0 Å². The van der Waals surface area contributed by atoms with Crippen molar-refractivity contribution in [3.8, 4) is 5.75 Å². The van der Waals surface area contributed by atoms with E-state index in [1.807, 2.05) is 19.1 Å². The van der Waals surface area contributed by atoms with Crippen molar-refractivity contribution in [3.63, 3.8) is 0 Å². The molecule has 0 aliphatic rings. The van der Waals surface area contributed by atoms with Gasteiger partial charge in [0.1, 0.15) is 11.5 Å². The van der Waals surface area contributed by atoms with Crippen LogP contribution in [0.25, 0.3) is 21.8 Å². The Labute approximate surface area is 207 Å². The number of carbonyl (C=O) groups excluding carboxylic acids is 3. The zero-order valence-electron chi connectivity index (χ0n) is 20.0. The maximum Gasteiger partial charge on any atom is 0.306 e. The van der Waals surface area contributed by atoms with Gasteiger partial charge in [-0.2, -0.15) is 0 Å². The average molecular weight is 487 g/mol. The summed E-state index contributed by atoms with van der Waals surface area (Å²) in [4.78, 5) is 37.8. The number of ketones is 2. The van der Waals surface area contributed by atoms with Crippen LogP contribution in [0.15, 0.2) is 65.8 Å². The predicted octanol–water partition coefficient (Wildman–Crippen LogP) is 5.11. The summed E-state index contributed by atoms with van der Waals surface area (Å²) in [5, 5.41) is 23.6. The van der Waals surface area contributed by atoms with Crippen molar-refractivity contribution in [3.05, 3.63) is 77.4 Å². The summed E-state index contributed by atoms with van der Waals surface area (Å²) < 4.78 is 6.97. The monoisotopic (exact) mass is 486 g/mol. The first-order valence-corrected chi connectivity index (χ1v) is 11.7. The molecular weight excluding hydrogens is 460 g/mol. The Balaban J connectivity index is 1.74. The smallest absolute Gasteiger partial charge is 0.306 e. The van der Waals surface area contributed by atoms with Crippen molar-refractivity contribution >= 4 is 45.1 Å². The molecule has 3 aromatic carbocycles. The molecule has 36 heavy (non-hydrogen) atoms. The van der Waals surface area contributed by atoms with E-state index < -0.39 is 11.8 Å². The lowest BCUT2D eigenvalue weighted by Gasteiger charge is -2.06. The van der Waals surface area contributed by atoms with Gasteiger partial charge in [0.05, 0.1) is 13.0 Å². The lowest BCUT2D eigenvalue weighted by Crippen LogP contribution is -2.17. The maximum absolute atomic E-state index is 13.1. The number of nitrogens with zero attached hydrogens (tertiary/aromatic N) is 2. The van der Waals surface area contributed by atoms with Crippen LogP contribution in [0, 0.1) is 0 Å². The number of Topliss-reactive ketones (excluding diaryl/α,β-unsaturated/α-hetero) is 1. The zero-order chi connectivity index (χ0) is 25.8. The fraction of sp³-hybridized carbons (Fsp3) is 0.214. The van der Waals surface area contributed by atoms with Crippen molar-refractivity contribution < 1.29 is 29.4 Å². The van der Waals surface area contributed by atoms with E-state index in [9.17, 15) is 24.7 Å². The molecule has 184 valence electrons. The van der Waals surface area contributed by atoms with Crippen molar-refractivity contribution in [2.24, 2.45) is 5.16 Å². The van der Waals surface area contributed by atoms with Crippen molar-refractivity contribution in [2.45, 2.75) is 33.2 Å². The highest BCUT2D eigenvalue weighted by Gasteiger charge is 2.20. The van der Waals surface area contributed by atoms with Crippen LogP contribution in [0.4, 0.5) is 0 Å². The summed E-state index contributed by atoms with van der Waals surface area (Å²) in [6.45, 7) is 4.62. The molecule has 4 aromatic rings. The lowest BCUT2D eigenvalue weighted by molar-refractivity contribution is -0.142. The number of aromatic hydroxyl groups is 1. The van der Waals surface area contributed by atoms with Gasteiger partial charge in [0.25, 0.3) is 0 Å². The third kappa shape index (κ3) is 4.70. The molecule has 4 rings (SSSR count). The lowest BCUT2D eigenvalue weighted by atomic mass is 9.99. The minimum Gasteiger partial charge on any atom is -0.508 e. The van der Waals surface area contributed by atoms with E-state index in [4.69, 9.17) is 4.74 Å². The van der Waals surface area contributed by atoms with Crippen LogP contribution in [0.3, 0.4) is 0 Å². The third-order valence-corrected chi connectivity index (χ3v) is 6.09. The number of fused-ring (bicyclic) bond motifs is 3. The highest BCUT2D eigenvalue weighted by atomic mass is 16.5. The molecule has 0 bridgehead atoms. The number of carbonyl (C=O) groups is 3. The highest BCUT2D eigenvalue weighted by molar-refractivity contribution is 6.46. The van der Waals surface area contributed by atoms with Crippen LogP contribution in [0.1, 0.15) is 53.0 Å². The number of hydrogen-bond acceptors (Lipinski definition) is 7. The fourth-order valence-corrected chi connectivity index (χ4v) is 4.34. The van der Waals surface area contributed by atoms with Crippen LogP contribution in [-0.2, 0) is 16.1 Å². The second kappa shape index (κ2) is 10.4. The van der Waals surface area contributed by atoms with E-state index in [0.717, 1.165) is 21.8 Å². The summed E-state index contributed by atoms with van der Waals surface area (Å²) in [6, 6.07) is 16.7. The van der Waals surface area contributed by atoms with E-state index in [2.05, 4.69) is 9.72 Å². The quantitative estimate of drug-likeness (QED) is 0.112. The molecule has 0 radical (unpaired) electrons. The highest BCUT2D eigenvalue weighted by Crippen LogP contribution is 2.31. The molecule has 0 aliphatic heterocycles. The minimum atomic E-state index is -0.488. The number of aryl methyl sites for hydroxylation is 1. The standard InChI is InChI=1S/C28H26N2O6/c1-3-30-24-12-7-18(27(33)17-5-9-20(31)10-6-17)15-21(24)22-16-19(8-13-25(22)30)28(34)23(29-35)11-14-26(32)36-4-2/h5-10,12-13,15-16,31,35H,3-4,11,14H2,1-2H3/b29-23+. The number of rotatable bonds is 9. The molecule has 0 amide bonds. The Hall–Kier alpha value is -4.46. The van der Waals surface area contributed by atoms with Gasteiger partial charge in [-0.15, -0.1) is 0 Å². The van der Waals surface area contributed by atoms with Gasteiger partial charge in [0, 0.05) is 51.5 Å². The second-order valence-corrected chi connectivity index (χ2v) is 8.26. The molecule has 0 fully saturated rings. The van der Waals surface area contributed by atoms with Crippen molar-refractivity contribution in [1.82, 2.24) is 4.57 Å². The number of phenolic OH excluding ortho intramolecular Hbond substituents is 1. The SMILES string of the molecule is CCOC(=O)CC/C(=N\O)C(=O)c1ccc2c(c1)c1cc(C(=O)c3ccc(O)cc3)ccc1n2CC. The molecule has 0 spiro atoms. The molecule has 1 aromatic heterocycles. The third-order valence-electron chi connectivity index (χ3n) is 6.09. The molecule has 0 saturated heterocycles. The van der Waals surface area contributed by atoms with Gasteiger partial charge in [0.2, 0.25) is 5.78 Å². The Kier molecular flexibility index (Phi) is 7.15. The van der Waals surface area contributed by atoms with Crippen LogP contribution in [0.5, 0.6) is 5.75 Å². The van der Waals surface area contributed by atoms with Gasteiger partial charge in [-0.05, 0) is 74.5 Å². The topological polar surface area (TPSA) is 118 Å². The van der Waals surface area contributed by atoms with Crippen molar-refractivity contribution in [1.29, 1.82) is 0 Å². The van der Waals surface area contributed by atoms with E-state index in [-0.39, 0.29) is 36.7 Å². The van der Waals surface area contributed by atoms with Crippen LogP contribution < -0.4 is 0 Å². The zero-order valence-corrected chi connectivity index (χ0v) is 20.0. The van der Waals surface area contributed by atoms with E-state index >= 15 is 0 Å². The number of benzene rings is 3. The number of esters is 1. The molecule has 8 heteroatoms. The molecular formula is C28H26N2O6. The summed E-state index contributed by atoms with van der Waals surface area (Å²) in [5.41, 5.74) is 2.92. The van der Waals surface area contributed by atoms with E-state index in [1.54, 1.807) is 43.3 Å². The van der Waals surface area contributed by atoms with E-state index in [0.29, 0.717) is 23.2 Å². The van der Waals surface area contributed by atoms with Crippen molar-refractivity contribution in [2.75, 3.05) is 6.61 Å². The predicted molar refractivity (Wildman–Crippen MR) is 136 cm³/mol. The summed E-state index contributed by atoms with van der Waals surface area (Å²) in [5.74, 6) is -1.07. The Bertz CT molecular complexity index is 1500. The molecule has 2 N–H and O–H groups in total. The number of aromatic nitrogens is 1. The largest absolute Gasteiger partial charge is 0.508 e. The maximum atomic E-state index is 13.1. The molecule has 0 unspecified atom stereocenters. The molecule has 0 atom stereocenters. The van der Waals surface area contributed by atoms with Gasteiger partial charge in [0.15, 0.2) is 5.78 Å². The first kappa shape index (κ1) is 24.7. The number of oxime groups is 1. The van der Waals surface area contributed by atoms with Crippen LogP contribution in [0.2, 0.25) is 0 Å². The fourth-order valence-electron chi connectivity index (χ4n) is 4.34. The van der Waals surface area contributed by atoms with Gasteiger partial charge < -0.3 is 19.6 Å². The van der Waals surface area contributed by atoms with Gasteiger partial charge in [-0.25, -0.2) is 0 Å². The number of hydrogen-bond donors (Lipinski definition) is 2. The first-order chi connectivity index (χ1) is 17.4. The molecule has 8 nitrogen and oxygen atoms in total. The molecule has 1 heterocycles. The van der Waals surface area contributed by atoms with Gasteiger partial charge >= 0.3 is 5.97 Å². The Morgan fingerprint density at radius 1 is 0.833 bits per heavy atom. The molecule has 0 saturated carbocycles. The Morgan fingerprint density at radius 3 is 2.00 bits per heavy atom. The van der Waals surface area contributed by atoms with E-state index in [1.165, 1.54) is 12.1 Å². The average Bonchev–Trinajstić information content (AvgIpc) is 3.21. The molecule has 0 aliphatic carbocycles. The Morgan fingerprint density at radius 2 is 1.42 bits per heavy atom. The second-order valence-electron chi connectivity index (χ2n) is 8.26. The normalized spacial score (nSPS) is 11.7. The van der Waals surface area contributed by atoms with Gasteiger partial charge in [-0.3, -0.25) is 14.4 Å². The summed E-state index contributed by atoms with van der Waals surface area (Å²) in [6.07, 6.45) is -0.118. The first-order valence-electron chi connectivity index (χ1n) is 11.7. The number of ether oxygens (including phenoxy) is 1. The van der Waals surface area contributed by atoms with Gasteiger partial charge in [-0.1, -0.05) is 5.16 Å². The number of phenols is 1. The van der Waals surface area contributed by atoms with Crippen LogP contribution in [-0.4, -0.2) is 44.7 Å². The minimum absolute atomic E-state index is 0.0474.